The lowest BCUT2D eigenvalue weighted by atomic mass is 9.47. The van der Waals surface area contributed by atoms with Gasteiger partial charge in [0.15, 0.2) is 0 Å². The van der Waals surface area contributed by atoms with Crippen LogP contribution in [0.2, 0.25) is 0 Å². The van der Waals surface area contributed by atoms with E-state index in [4.69, 9.17) is 4.74 Å². The fourth-order valence-electron chi connectivity index (χ4n) is 8.19. The van der Waals surface area contributed by atoms with E-state index in [9.17, 15) is 9.59 Å². The van der Waals surface area contributed by atoms with E-state index in [1.807, 2.05) is 6.92 Å². The van der Waals surface area contributed by atoms with Crippen LogP contribution < -0.4 is 0 Å². The Bertz CT molecular complexity index is 679. The van der Waals surface area contributed by atoms with Gasteiger partial charge >= 0.3 is 5.97 Å². The van der Waals surface area contributed by atoms with Crippen LogP contribution in [0, 0.1) is 40.4 Å². The van der Waals surface area contributed by atoms with Crippen LogP contribution in [0.3, 0.4) is 0 Å². The molecule has 0 saturated heterocycles. The smallest absolute Gasteiger partial charge is 0.302 e. The minimum atomic E-state index is -0.151. The summed E-state index contributed by atoms with van der Waals surface area (Å²) in [5, 5.41) is 0. The number of carbonyl (C=O) groups excluding carboxylic acids is 2. The molecule has 0 aliphatic heterocycles. The number of hydrogen-bond acceptors (Lipinski definition) is 3. The molecule has 0 aromatic heterocycles. The predicted octanol–water partition coefficient (Wildman–Crippen LogP) is 5.33. The standard InChI is InChI=1S/C24H36O3/c1-14-12-21-19-7-6-17-13-18(27-16(3)26)8-10-23(17,4)20(19)9-11-24(21,5)22(14)15(2)25/h6,14,18-22H,7-13H2,1-5H3/t14?,18-,19?,20?,21?,22+,23-,24-/m0/s1. The summed E-state index contributed by atoms with van der Waals surface area (Å²) < 4.78 is 5.54. The molecule has 4 aliphatic rings. The van der Waals surface area contributed by atoms with Crippen molar-refractivity contribution in [2.45, 2.75) is 85.7 Å². The first-order valence-electron chi connectivity index (χ1n) is 11.0. The van der Waals surface area contributed by atoms with Crippen molar-refractivity contribution in [2.24, 2.45) is 40.4 Å². The van der Waals surface area contributed by atoms with Gasteiger partial charge in [0.2, 0.25) is 0 Å². The zero-order chi connectivity index (χ0) is 19.6. The van der Waals surface area contributed by atoms with Crippen LogP contribution in [-0.4, -0.2) is 17.9 Å². The minimum Gasteiger partial charge on any atom is -0.462 e. The van der Waals surface area contributed by atoms with E-state index in [1.165, 1.54) is 26.2 Å². The van der Waals surface area contributed by atoms with Crippen molar-refractivity contribution in [3.05, 3.63) is 11.6 Å². The first-order valence-corrected chi connectivity index (χ1v) is 11.0. The summed E-state index contributed by atoms with van der Waals surface area (Å²) in [6.45, 7) is 10.5. The van der Waals surface area contributed by atoms with E-state index in [0.29, 0.717) is 17.6 Å². The highest BCUT2D eigenvalue weighted by Gasteiger charge is 2.61. The Hall–Kier alpha value is -1.12. The molecule has 0 bridgehead atoms. The van der Waals surface area contributed by atoms with E-state index in [-0.39, 0.29) is 28.8 Å². The van der Waals surface area contributed by atoms with Gasteiger partial charge in [0.1, 0.15) is 11.9 Å². The van der Waals surface area contributed by atoms with Crippen LogP contribution in [0.5, 0.6) is 0 Å². The summed E-state index contributed by atoms with van der Waals surface area (Å²) in [6, 6.07) is 0. The second-order valence-electron chi connectivity index (χ2n) is 10.6. The molecule has 3 fully saturated rings. The van der Waals surface area contributed by atoms with Crippen molar-refractivity contribution in [2.75, 3.05) is 0 Å². The van der Waals surface area contributed by atoms with Gasteiger partial charge in [0.05, 0.1) is 0 Å². The molecular formula is C24H36O3. The Balaban J connectivity index is 1.61. The summed E-state index contributed by atoms with van der Waals surface area (Å²) in [5.74, 6) is 3.16. The van der Waals surface area contributed by atoms with Crippen LogP contribution >= 0.6 is 0 Å². The van der Waals surface area contributed by atoms with Crippen molar-refractivity contribution < 1.29 is 14.3 Å². The lowest BCUT2D eigenvalue weighted by molar-refractivity contribution is -0.149. The maximum Gasteiger partial charge on any atom is 0.302 e. The highest BCUT2D eigenvalue weighted by Crippen LogP contribution is 2.67. The third kappa shape index (κ3) is 2.83. The normalized spacial score (nSPS) is 48.7. The number of allylic oxidation sites excluding steroid dienone is 1. The molecule has 3 nitrogen and oxygen atoms in total. The van der Waals surface area contributed by atoms with Crippen LogP contribution in [0.15, 0.2) is 11.6 Å². The summed E-state index contributed by atoms with van der Waals surface area (Å²) >= 11 is 0. The third-order valence-electron chi connectivity index (χ3n) is 9.17. The molecule has 4 aliphatic carbocycles. The number of esters is 1. The van der Waals surface area contributed by atoms with Crippen molar-refractivity contribution in [1.29, 1.82) is 0 Å². The Morgan fingerprint density at radius 2 is 1.85 bits per heavy atom. The van der Waals surface area contributed by atoms with Crippen LogP contribution in [0.25, 0.3) is 0 Å². The molecule has 0 spiro atoms. The van der Waals surface area contributed by atoms with Gasteiger partial charge < -0.3 is 4.74 Å². The van der Waals surface area contributed by atoms with Crippen LogP contribution in [0.1, 0.15) is 79.6 Å². The molecule has 0 aromatic rings. The molecule has 0 N–H and O–H groups in total. The summed E-state index contributed by atoms with van der Waals surface area (Å²) in [7, 11) is 0. The molecule has 0 aromatic carbocycles. The molecule has 4 rings (SSSR count). The fourth-order valence-corrected chi connectivity index (χ4v) is 8.19. The number of fused-ring (bicyclic) bond motifs is 5. The lowest BCUT2D eigenvalue weighted by Crippen LogP contribution is -2.51. The molecule has 27 heavy (non-hydrogen) atoms. The van der Waals surface area contributed by atoms with Gasteiger partial charge in [-0.05, 0) is 80.0 Å². The number of Topliss-reactive ketones (excluding diaryl/α,β-unsaturated/α-hetero) is 1. The SMILES string of the molecule is CC(=O)O[C@H]1CC[C@@]2(C)C(=CCC3C2CC[C@@]2(C)C3CC(C)[C@@H]2C(C)=O)C1. The Labute approximate surface area is 164 Å². The highest BCUT2D eigenvalue weighted by molar-refractivity contribution is 5.80. The summed E-state index contributed by atoms with van der Waals surface area (Å²) in [5.41, 5.74) is 2.00. The summed E-state index contributed by atoms with van der Waals surface area (Å²) in [4.78, 5) is 23.8. The second kappa shape index (κ2) is 6.46. The molecule has 8 atom stereocenters. The van der Waals surface area contributed by atoms with Crippen molar-refractivity contribution in [3.8, 4) is 0 Å². The van der Waals surface area contributed by atoms with Gasteiger partial charge in [-0.15, -0.1) is 0 Å². The maximum atomic E-state index is 12.4. The number of rotatable bonds is 2. The van der Waals surface area contributed by atoms with Crippen LogP contribution in [-0.2, 0) is 14.3 Å². The van der Waals surface area contributed by atoms with E-state index < -0.39 is 0 Å². The monoisotopic (exact) mass is 372 g/mol. The highest BCUT2D eigenvalue weighted by atomic mass is 16.5. The number of hydrogen-bond donors (Lipinski definition) is 0. The largest absolute Gasteiger partial charge is 0.462 e. The van der Waals surface area contributed by atoms with E-state index in [2.05, 4.69) is 26.8 Å². The molecule has 3 saturated carbocycles. The van der Waals surface area contributed by atoms with Crippen molar-refractivity contribution in [3.63, 3.8) is 0 Å². The van der Waals surface area contributed by atoms with Crippen molar-refractivity contribution in [1.82, 2.24) is 0 Å². The minimum absolute atomic E-state index is 0.0702. The molecule has 0 radical (unpaired) electrons. The zero-order valence-corrected chi connectivity index (χ0v) is 17.7. The molecule has 150 valence electrons. The number of ether oxygens (including phenoxy) is 1. The third-order valence-corrected chi connectivity index (χ3v) is 9.17. The maximum absolute atomic E-state index is 12.4. The van der Waals surface area contributed by atoms with E-state index >= 15 is 0 Å². The number of ketones is 1. The van der Waals surface area contributed by atoms with Gasteiger partial charge in [-0.2, -0.15) is 0 Å². The molecule has 3 heteroatoms. The molecule has 0 heterocycles. The predicted molar refractivity (Wildman–Crippen MR) is 106 cm³/mol. The molecular weight excluding hydrogens is 336 g/mol. The average Bonchev–Trinajstić information content (AvgIpc) is 2.85. The van der Waals surface area contributed by atoms with Gasteiger partial charge in [0.25, 0.3) is 0 Å². The molecule has 4 unspecified atom stereocenters. The van der Waals surface area contributed by atoms with Gasteiger partial charge in [0, 0.05) is 19.3 Å². The Morgan fingerprint density at radius 1 is 1.11 bits per heavy atom. The van der Waals surface area contributed by atoms with E-state index in [0.717, 1.165) is 37.5 Å². The van der Waals surface area contributed by atoms with Gasteiger partial charge in [-0.1, -0.05) is 32.4 Å². The van der Waals surface area contributed by atoms with Gasteiger partial charge in [-0.25, -0.2) is 0 Å². The first kappa shape index (κ1) is 19.2. The zero-order valence-electron chi connectivity index (χ0n) is 17.7. The van der Waals surface area contributed by atoms with Crippen molar-refractivity contribution >= 4 is 11.8 Å². The second-order valence-corrected chi connectivity index (χ2v) is 10.6. The summed E-state index contributed by atoms with van der Waals surface area (Å²) in [6.07, 6.45) is 10.4. The van der Waals surface area contributed by atoms with Gasteiger partial charge in [-0.3, -0.25) is 9.59 Å². The molecule has 0 amide bonds. The fraction of sp³-hybridized carbons (Fsp3) is 0.833. The average molecular weight is 373 g/mol. The lowest BCUT2D eigenvalue weighted by Gasteiger charge is -2.58. The Morgan fingerprint density at radius 3 is 2.52 bits per heavy atom. The van der Waals surface area contributed by atoms with E-state index in [1.54, 1.807) is 5.57 Å². The van der Waals surface area contributed by atoms with Crippen LogP contribution in [0.4, 0.5) is 0 Å². The quantitative estimate of drug-likeness (QED) is 0.486. The topological polar surface area (TPSA) is 43.4 Å². The Kier molecular flexibility index (Phi) is 4.59. The first-order chi connectivity index (χ1) is 12.7. The number of carbonyl (C=O) groups is 2.